The maximum Gasteiger partial charge on any atom is 0.0218 e. The van der Waals surface area contributed by atoms with Gasteiger partial charge in [0.1, 0.15) is 0 Å². The molecule has 8 aromatic carbocycles. The first-order valence-electron chi connectivity index (χ1n) is 16.3. The molecule has 0 radical (unpaired) electrons. The lowest BCUT2D eigenvalue weighted by Crippen LogP contribution is -2.38. The Morgan fingerprint density at radius 1 is 0.304 bits per heavy atom. The van der Waals surface area contributed by atoms with Crippen LogP contribution in [0, 0.1) is 0 Å². The van der Waals surface area contributed by atoms with E-state index in [1.807, 2.05) is 0 Å². The Kier molecular flexibility index (Phi) is 5.50. The van der Waals surface area contributed by atoms with Crippen LogP contribution in [0.2, 0.25) is 0 Å². The van der Waals surface area contributed by atoms with Gasteiger partial charge in [-0.1, -0.05) is 164 Å². The quantitative estimate of drug-likeness (QED) is 0.182. The molecule has 0 bridgehead atoms. The SMILES string of the molecule is c1ccc(C2=c3ccccc3=C(c3ccc(-c4ccc5c(ccc6ccccc65)c4)cc3)C3c4cccc5cccc(c45)C23)cc1. The van der Waals surface area contributed by atoms with E-state index in [2.05, 4.69) is 170 Å². The number of hydrogen-bond acceptors (Lipinski definition) is 0. The summed E-state index contributed by atoms with van der Waals surface area (Å²) in [5, 5.41) is 10.6. The first-order valence-corrected chi connectivity index (χ1v) is 16.3. The van der Waals surface area contributed by atoms with E-state index in [-0.39, 0.29) is 11.8 Å². The fourth-order valence-electron chi connectivity index (χ4n) is 8.53. The van der Waals surface area contributed by atoms with Crippen molar-refractivity contribution >= 4 is 43.5 Å². The second kappa shape index (κ2) is 9.89. The summed E-state index contributed by atoms with van der Waals surface area (Å²) < 4.78 is 0. The molecule has 2 aliphatic rings. The van der Waals surface area contributed by atoms with Crippen molar-refractivity contribution in [3.05, 3.63) is 203 Å². The van der Waals surface area contributed by atoms with Gasteiger partial charge in [0.05, 0.1) is 0 Å². The van der Waals surface area contributed by atoms with Gasteiger partial charge in [-0.05, 0) is 93.3 Å². The number of hydrogen-bond donors (Lipinski definition) is 0. The minimum absolute atomic E-state index is 0.242. The maximum absolute atomic E-state index is 2.38. The second-order valence-electron chi connectivity index (χ2n) is 12.8. The molecule has 10 rings (SSSR count). The summed E-state index contributed by atoms with van der Waals surface area (Å²) in [5.74, 6) is 0.495. The highest BCUT2D eigenvalue weighted by molar-refractivity contribution is 6.08. The van der Waals surface area contributed by atoms with E-state index in [4.69, 9.17) is 0 Å². The van der Waals surface area contributed by atoms with Crippen LogP contribution in [0.1, 0.15) is 34.1 Å². The average molecular weight is 583 g/mol. The van der Waals surface area contributed by atoms with Gasteiger partial charge in [-0.3, -0.25) is 0 Å². The van der Waals surface area contributed by atoms with Crippen LogP contribution in [0.3, 0.4) is 0 Å². The van der Waals surface area contributed by atoms with Crippen molar-refractivity contribution in [2.45, 2.75) is 11.8 Å². The lowest BCUT2D eigenvalue weighted by atomic mass is 9.70. The Labute approximate surface area is 268 Å². The number of benzene rings is 8. The van der Waals surface area contributed by atoms with Crippen molar-refractivity contribution < 1.29 is 0 Å². The first-order chi connectivity index (χ1) is 22.8. The Morgan fingerprint density at radius 2 is 0.826 bits per heavy atom. The topological polar surface area (TPSA) is 0 Å². The average Bonchev–Trinajstić information content (AvgIpc) is 3.46. The van der Waals surface area contributed by atoms with E-state index in [1.54, 1.807) is 0 Å². The van der Waals surface area contributed by atoms with Gasteiger partial charge in [0, 0.05) is 11.8 Å². The van der Waals surface area contributed by atoms with Gasteiger partial charge in [-0.25, -0.2) is 0 Å². The van der Waals surface area contributed by atoms with Crippen molar-refractivity contribution in [2.75, 3.05) is 0 Å². The van der Waals surface area contributed by atoms with Crippen molar-refractivity contribution in [1.82, 2.24) is 0 Å². The second-order valence-corrected chi connectivity index (χ2v) is 12.8. The van der Waals surface area contributed by atoms with Crippen LogP contribution in [0.15, 0.2) is 170 Å². The zero-order valence-electron chi connectivity index (χ0n) is 25.3. The molecule has 214 valence electrons. The third-order valence-electron chi connectivity index (χ3n) is 10.5. The lowest BCUT2D eigenvalue weighted by molar-refractivity contribution is 0.791. The Bertz CT molecular complexity index is 2620. The molecule has 2 unspecified atom stereocenters. The molecule has 0 saturated carbocycles. The van der Waals surface area contributed by atoms with Crippen molar-refractivity contribution in [2.24, 2.45) is 0 Å². The molecule has 0 N–H and O–H groups in total. The third kappa shape index (κ3) is 3.68. The van der Waals surface area contributed by atoms with Crippen molar-refractivity contribution in [3.63, 3.8) is 0 Å². The third-order valence-corrected chi connectivity index (χ3v) is 10.5. The van der Waals surface area contributed by atoms with Gasteiger partial charge >= 0.3 is 0 Å². The van der Waals surface area contributed by atoms with Gasteiger partial charge in [0.15, 0.2) is 0 Å². The van der Waals surface area contributed by atoms with Crippen LogP contribution in [0.25, 0.3) is 54.6 Å². The van der Waals surface area contributed by atoms with Crippen LogP contribution in [-0.2, 0) is 0 Å². The maximum atomic E-state index is 2.38. The van der Waals surface area contributed by atoms with E-state index in [1.165, 1.54) is 87.3 Å². The van der Waals surface area contributed by atoms with Gasteiger partial charge < -0.3 is 0 Å². The zero-order valence-corrected chi connectivity index (χ0v) is 25.3. The smallest absolute Gasteiger partial charge is 0.0218 e. The molecular weight excluding hydrogens is 553 g/mol. The molecule has 2 aliphatic carbocycles. The lowest BCUT2D eigenvalue weighted by Gasteiger charge is -2.32. The molecule has 0 spiro atoms. The minimum atomic E-state index is 0.242. The van der Waals surface area contributed by atoms with E-state index in [0.29, 0.717) is 0 Å². The van der Waals surface area contributed by atoms with Crippen LogP contribution < -0.4 is 10.4 Å². The molecule has 8 aromatic rings. The number of rotatable bonds is 3. The van der Waals surface area contributed by atoms with E-state index in [9.17, 15) is 0 Å². The van der Waals surface area contributed by atoms with Gasteiger partial charge in [0.2, 0.25) is 0 Å². The molecule has 0 amide bonds. The van der Waals surface area contributed by atoms with Gasteiger partial charge in [-0.2, -0.15) is 0 Å². The number of fused-ring (bicyclic) bond motifs is 7. The Morgan fingerprint density at radius 3 is 1.54 bits per heavy atom. The normalized spacial score (nSPS) is 16.6. The molecule has 0 nitrogen and oxygen atoms in total. The largest absolute Gasteiger partial charge is 0.0622 e. The fourth-order valence-corrected chi connectivity index (χ4v) is 8.53. The van der Waals surface area contributed by atoms with E-state index >= 15 is 0 Å². The molecule has 0 aromatic heterocycles. The van der Waals surface area contributed by atoms with Crippen molar-refractivity contribution in [1.29, 1.82) is 0 Å². The first kappa shape index (κ1) is 25.6. The van der Waals surface area contributed by atoms with Crippen LogP contribution in [0.5, 0.6) is 0 Å². The van der Waals surface area contributed by atoms with Crippen LogP contribution in [0.4, 0.5) is 0 Å². The predicted molar refractivity (Wildman–Crippen MR) is 193 cm³/mol. The monoisotopic (exact) mass is 582 g/mol. The molecule has 0 heteroatoms. The fraction of sp³-hybridized carbons (Fsp3) is 0.0435. The highest BCUT2D eigenvalue weighted by Crippen LogP contribution is 2.56. The van der Waals surface area contributed by atoms with Gasteiger partial charge in [0.25, 0.3) is 0 Å². The molecule has 0 heterocycles. The molecule has 0 aliphatic heterocycles. The Balaban J connectivity index is 1.19. The zero-order chi connectivity index (χ0) is 30.2. The predicted octanol–water partition coefficient (Wildman–Crippen LogP) is 10.1. The highest BCUT2D eigenvalue weighted by atomic mass is 14.4. The molecule has 46 heavy (non-hydrogen) atoms. The summed E-state index contributed by atoms with van der Waals surface area (Å²) in [6, 6.07) is 63.3. The van der Waals surface area contributed by atoms with E-state index in [0.717, 1.165) is 0 Å². The summed E-state index contributed by atoms with van der Waals surface area (Å²) in [6.07, 6.45) is 0. The summed E-state index contributed by atoms with van der Waals surface area (Å²) >= 11 is 0. The molecular formula is C46H30. The molecule has 0 fully saturated rings. The summed E-state index contributed by atoms with van der Waals surface area (Å²) in [5.41, 5.74) is 10.9. The van der Waals surface area contributed by atoms with E-state index < -0.39 is 0 Å². The van der Waals surface area contributed by atoms with Gasteiger partial charge in [-0.15, -0.1) is 0 Å². The van der Waals surface area contributed by atoms with Crippen LogP contribution in [-0.4, -0.2) is 0 Å². The van der Waals surface area contributed by atoms with Crippen molar-refractivity contribution in [3.8, 4) is 11.1 Å². The summed E-state index contributed by atoms with van der Waals surface area (Å²) in [4.78, 5) is 0. The van der Waals surface area contributed by atoms with Crippen LogP contribution >= 0.6 is 0 Å². The Hall–Kier alpha value is -5.72. The standard InChI is InChI=1S/C46H30/c1-2-11-32(12-3-1)43-38-16-6-7-17-39(38)44(46-41-19-9-14-31-13-8-18-40(42(31)41)45(43)46)33-23-20-29(21-24-33)34-26-27-37-35(28-34)25-22-30-10-4-5-15-36(30)37/h1-28,45-46H. The minimum Gasteiger partial charge on any atom is -0.0622 e. The summed E-state index contributed by atoms with van der Waals surface area (Å²) in [6.45, 7) is 0. The highest BCUT2D eigenvalue weighted by Gasteiger charge is 2.41. The molecule has 0 saturated heterocycles. The summed E-state index contributed by atoms with van der Waals surface area (Å²) in [7, 11) is 0. The molecule has 2 atom stereocenters.